The average Bonchev–Trinajstić information content (AvgIpc) is 2.79. The molecule has 0 fully saturated rings. The van der Waals surface area contributed by atoms with Crippen LogP contribution in [0, 0.1) is 0 Å². The molecule has 3 aromatic carbocycles. The molecule has 152 valence electrons. The Morgan fingerprint density at radius 2 is 1.53 bits per heavy atom. The molecule has 6 nitrogen and oxygen atoms in total. The van der Waals surface area contributed by atoms with Crippen LogP contribution < -0.4 is 15.5 Å². The monoisotopic (exact) mass is 401 g/mol. The summed E-state index contributed by atoms with van der Waals surface area (Å²) in [6, 6.07) is 26.2. The molecule has 0 saturated carbocycles. The van der Waals surface area contributed by atoms with Crippen LogP contribution in [0.4, 0.5) is 0 Å². The molecule has 0 saturated heterocycles. The van der Waals surface area contributed by atoms with Gasteiger partial charge in [-0.2, -0.15) is 5.10 Å². The predicted octanol–water partition coefficient (Wildman–Crippen LogP) is 3.59. The maximum atomic E-state index is 12.1. The van der Waals surface area contributed by atoms with Crippen LogP contribution >= 0.6 is 0 Å². The van der Waals surface area contributed by atoms with E-state index in [2.05, 4.69) is 15.8 Å². The standard InChI is InChI=1S/C24H23N3O3/c1-18(20-12-6-3-7-13-20)26-23(28)24(29)27-25-16-21-14-8-9-15-22(21)30-17-19-10-4-2-5-11-19/h2-16,18H,17H2,1H3,(H,26,28)(H,27,29)/t18-/m0/s1. The summed E-state index contributed by atoms with van der Waals surface area (Å²) in [5.41, 5.74) is 4.89. The molecule has 0 aromatic heterocycles. The Balaban J connectivity index is 1.54. The highest BCUT2D eigenvalue weighted by Gasteiger charge is 2.16. The van der Waals surface area contributed by atoms with Crippen LogP contribution in [0.15, 0.2) is 90.0 Å². The minimum absolute atomic E-state index is 0.291. The summed E-state index contributed by atoms with van der Waals surface area (Å²) < 4.78 is 5.85. The van der Waals surface area contributed by atoms with Crippen molar-refractivity contribution in [2.75, 3.05) is 0 Å². The van der Waals surface area contributed by atoms with E-state index in [0.717, 1.165) is 11.1 Å². The molecule has 0 radical (unpaired) electrons. The third kappa shape index (κ3) is 6.04. The van der Waals surface area contributed by atoms with Gasteiger partial charge in [0.05, 0.1) is 12.3 Å². The number of nitrogens with zero attached hydrogens (tertiary/aromatic N) is 1. The van der Waals surface area contributed by atoms with Crippen molar-refractivity contribution in [3.63, 3.8) is 0 Å². The van der Waals surface area contributed by atoms with Gasteiger partial charge in [-0.25, -0.2) is 5.43 Å². The number of carbonyl (C=O) groups excluding carboxylic acids is 2. The van der Waals surface area contributed by atoms with E-state index in [9.17, 15) is 9.59 Å². The second-order valence-electron chi connectivity index (χ2n) is 6.62. The molecule has 0 heterocycles. The molecule has 2 N–H and O–H groups in total. The Labute approximate surface area is 175 Å². The van der Waals surface area contributed by atoms with Gasteiger partial charge in [-0.3, -0.25) is 9.59 Å². The lowest BCUT2D eigenvalue weighted by Crippen LogP contribution is -2.39. The topological polar surface area (TPSA) is 79.8 Å². The first-order valence-corrected chi connectivity index (χ1v) is 9.58. The van der Waals surface area contributed by atoms with Gasteiger partial charge in [-0.1, -0.05) is 72.8 Å². The second kappa shape index (κ2) is 10.6. The van der Waals surface area contributed by atoms with Crippen LogP contribution in [0.2, 0.25) is 0 Å². The molecule has 3 rings (SSSR count). The number of carbonyl (C=O) groups is 2. The molecule has 1 atom stereocenters. The fourth-order valence-electron chi connectivity index (χ4n) is 2.75. The van der Waals surface area contributed by atoms with Gasteiger partial charge in [0.25, 0.3) is 0 Å². The summed E-state index contributed by atoms with van der Waals surface area (Å²) >= 11 is 0. The maximum Gasteiger partial charge on any atom is 0.329 e. The van der Waals surface area contributed by atoms with E-state index < -0.39 is 11.8 Å². The smallest absolute Gasteiger partial charge is 0.329 e. The van der Waals surface area contributed by atoms with E-state index in [-0.39, 0.29) is 6.04 Å². The predicted molar refractivity (Wildman–Crippen MR) is 116 cm³/mol. The van der Waals surface area contributed by atoms with Gasteiger partial charge in [0.2, 0.25) is 0 Å². The SMILES string of the molecule is C[C@H](NC(=O)C(=O)NN=Cc1ccccc1OCc1ccccc1)c1ccccc1. The van der Waals surface area contributed by atoms with Crippen LogP contribution in [0.25, 0.3) is 0 Å². The summed E-state index contributed by atoms with van der Waals surface area (Å²) in [5, 5.41) is 6.54. The lowest BCUT2D eigenvalue weighted by molar-refractivity contribution is -0.139. The molecular weight excluding hydrogens is 378 g/mol. The molecular formula is C24H23N3O3. The van der Waals surface area contributed by atoms with Gasteiger partial charge in [0.1, 0.15) is 12.4 Å². The molecule has 6 heteroatoms. The van der Waals surface area contributed by atoms with Crippen LogP contribution in [0.3, 0.4) is 0 Å². The van der Waals surface area contributed by atoms with Crippen LogP contribution in [0.1, 0.15) is 29.7 Å². The maximum absolute atomic E-state index is 12.1. The van der Waals surface area contributed by atoms with E-state index in [1.165, 1.54) is 6.21 Å². The Morgan fingerprint density at radius 1 is 0.900 bits per heavy atom. The van der Waals surface area contributed by atoms with Crippen molar-refractivity contribution in [1.29, 1.82) is 0 Å². The Hall–Kier alpha value is -3.93. The first-order chi connectivity index (χ1) is 14.6. The van der Waals surface area contributed by atoms with Crippen LogP contribution in [-0.2, 0) is 16.2 Å². The lowest BCUT2D eigenvalue weighted by Gasteiger charge is -2.13. The van der Waals surface area contributed by atoms with Crippen LogP contribution in [0.5, 0.6) is 5.75 Å². The van der Waals surface area contributed by atoms with Crippen molar-refractivity contribution in [3.8, 4) is 5.75 Å². The Kier molecular flexibility index (Phi) is 7.33. The van der Waals surface area contributed by atoms with Crippen molar-refractivity contribution < 1.29 is 14.3 Å². The molecule has 30 heavy (non-hydrogen) atoms. The van der Waals surface area contributed by atoms with Gasteiger partial charge < -0.3 is 10.1 Å². The number of hydrazone groups is 1. The fourth-order valence-corrected chi connectivity index (χ4v) is 2.75. The van der Waals surface area contributed by atoms with Crippen molar-refractivity contribution >= 4 is 18.0 Å². The van der Waals surface area contributed by atoms with Crippen molar-refractivity contribution in [2.45, 2.75) is 19.6 Å². The number of para-hydroxylation sites is 1. The fraction of sp³-hybridized carbons (Fsp3) is 0.125. The third-order valence-electron chi connectivity index (χ3n) is 4.38. The van der Waals surface area contributed by atoms with Gasteiger partial charge >= 0.3 is 11.8 Å². The van der Waals surface area contributed by atoms with Gasteiger partial charge in [-0.05, 0) is 30.2 Å². The number of ether oxygens (including phenoxy) is 1. The summed E-state index contributed by atoms with van der Waals surface area (Å²) in [6.45, 7) is 2.22. The highest BCUT2D eigenvalue weighted by atomic mass is 16.5. The quantitative estimate of drug-likeness (QED) is 0.361. The van der Waals surface area contributed by atoms with Gasteiger partial charge in [0.15, 0.2) is 0 Å². The second-order valence-corrected chi connectivity index (χ2v) is 6.62. The Bertz CT molecular complexity index is 1000. The van der Waals surface area contributed by atoms with Gasteiger partial charge in [-0.15, -0.1) is 0 Å². The minimum Gasteiger partial charge on any atom is -0.488 e. The van der Waals surface area contributed by atoms with E-state index in [4.69, 9.17) is 4.74 Å². The largest absolute Gasteiger partial charge is 0.488 e. The number of hydrogen-bond donors (Lipinski definition) is 2. The Morgan fingerprint density at radius 3 is 2.27 bits per heavy atom. The molecule has 0 spiro atoms. The molecule has 0 aliphatic rings. The summed E-state index contributed by atoms with van der Waals surface area (Å²) in [5.74, 6) is -0.963. The number of hydrogen-bond acceptors (Lipinski definition) is 4. The molecule has 0 bridgehead atoms. The van der Waals surface area contributed by atoms with Crippen molar-refractivity contribution in [3.05, 3.63) is 102 Å². The molecule has 2 amide bonds. The van der Waals surface area contributed by atoms with Crippen molar-refractivity contribution in [2.24, 2.45) is 5.10 Å². The minimum atomic E-state index is -0.836. The van der Waals surface area contributed by atoms with E-state index in [0.29, 0.717) is 17.9 Å². The molecule has 0 unspecified atom stereocenters. The average molecular weight is 401 g/mol. The van der Waals surface area contributed by atoms with E-state index in [1.54, 1.807) is 0 Å². The lowest BCUT2D eigenvalue weighted by atomic mass is 10.1. The number of nitrogens with one attached hydrogen (secondary N) is 2. The number of rotatable bonds is 7. The number of amides is 2. The molecule has 0 aliphatic heterocycles. The zero-order valence-electron chi connectivity index (χ0n) is 16.6. The first-order valence-electron chi connectivity index (χ1n) is 9.58. The van der Waals surface area contributed by atoms with Crippen LogP contribution in [-0.4, -0.2) is 18.0 Å². The highest BCUT2D eigenvalue weighted by molar-refractivity contribution is 6.35. The van der Waals surface area contributed by atoms with Gasteiger partial charge in [0, 0.05) is 5.56 Å². The zero-order chi connectivity index (χ0) is 21.2. The summed E-state index contributed by atoms with van der Waals surface area (Å²) in [4.78, 5) is 24.1. The number of benzene rings is 3. The molecule has 3 aromatic rings. The molecule has 0 aliphatic carbocycles. The van der Waals surface area contributed by atoms with Crippen molar-refractivity contribution in [1.82, 2.24) is 10.7 Å². The first kappa shape index (κ1) is 20.8. The normalized spacial score (nSPS) is 11.6. The zero-order valence-corrected chi connectivity index (χ0v) is 16.6. The highest BCUT2D eigenvalue weighted by Crippen LogP contribution is 2.17. The summed E-state index contributed by atoms with van der Waals surface area (Å²) in [6.07, 6.45) is 1.45. The summed E-state index contributed by atoms with van der Waals surface area (Å²) in [7, 11) is 0. The van der Waals surface area contributed by atoms with E-state index in [1.807, 2.05) is 91.9 Å². The van der Waals surface area contributed by atoms with E-state index >= 15 is 0 Å². The third-order valence-corrected chi connectivity index (χ3v) is 4.38.